The Bertz CT molecular complexity index is 1060. The highest BCUT2D eigenvalue weighted by Gasteiger charge is 2.37. The molecule has 0 spiro atoms. The summed E-state index contributed by atoms with van der Waals surface area (Å²) in [6.07, 6.45) is 3.39. The van der Waals surface area contributed by atoms with Crippen molar-refractivity contribution in [2.75, 3.05) is 27.4 Å². The molecule has 7 nitrogen and oxygen atoms in total. The average Bonchev–Trinajstić information content (AvgIpc) is 2.84. The fourth-order valence-corrected chi connectivity index (χ4v) is 3.90. The van der Waals surface area contributed by atoms with Crippen LogP contribution in [0.3, 0.4) is 0 Å². The van der Waals surface area contributed by atoms with Gasteiger partial charge in [-0.1, -0.05) is 23.7 Å². The van der Waals surface area contributed by atoms with Crippen molar-refractivity contribution in [3.63, 3.8) is 0 Å². The molecule has 0 N–H and O–H groups in total. The second kappa shape index (κ2) is 11.6. The van der Waals surface area contributed by atoms with Gasteiger partial charge in [-0.15, -0.1) is 0 Å². The van der Waals surface area contributed by atoms with E-state index >= 15 is 0 Å². The molecule has 0 bridgehead atoms. The van der Waals surface area contributed by atoms with E-state index in [4.69, 9.17) is 30.5 Å². The maximum Gasteiger partial charge on any atom is 0.336 e. The molecule has 0 atom stereocenters. The molecule has 0 saturated carbocycles. The Balaban J connectivity index is 2.16. The third-order valence-electron chi connectivity index (χ3n) is 5.28. The number of rotatable bonds is 9. The normalized spacial score (nSPS) is 13.6. The summed E-state index contributed by atoms with van der Waals surface area (Å²) < 4.78 is 21.7. The number of halogens is 1. The second-order valence-corrected chi connectivity index (χ2v) is 7.89. The number of carbonyl (C=O) groups is 2. The maximum atomic E-state index is 13.1. The fraction of sp³-hybridized carbons (Fsp3) is 0.308. The first-order valence-electron chi connectivity index (χ1n) is 10.9. The Morgan fingerprint density at radius 2 is 1.47 bits per heavy atom. The lowest BCUT2D eigenvalue weighted by Crippen LogP contribution is -2.29. The number of methoxy groups -OCH3 is 2. The molecule has 1 heterocycles. The van der Waals surface area contributed by atoms with E-state index in [1.54, 1.807) is 68.6 Å². The summed E-state index contributed by atoms with van der Waals surface area (Å²) in [6.45, 7) is 4.25. The lowest BCUT2D eigenvalue weighted by molar-refractivity contribution is -0.139. The molecule has 3 rings (SSSR count). The van der Waals surface area contributed by atoms with E-state index in [9.17, 15) is 9.59 Å². The zero-order chi connectivity index (χ0) is 24.7. The molecule has 1 aliphatic heterocycles. The lowest BCUT2D eigenvalue weighted by Gasteiger charge is -2.31. The van der Waals surface area contributed by atoms with Gasteiger partial charge in [0.1, 0.15) is 11.5 Å². The maximum absolute atomic E-state index is 13.1. The Labute approximate surface area is 204 Å². The van der Waals surface area contributed by atoms with Crippen molar-refractivity contribution < 1.29 is 28.5 Å². The highest BCUT2D eigenvalue weighted by Crippen LogP contribution is 2.42. The fourth-order valence-electron chi connectivity index (χ4n) is 3.77. The van der Waals surface area contributed by atoms with Crippen LogP contribution in [0.1, 0.15) is 30.9 Å². The number of hydrogen-bond acceptors (Lipinski definition) is 7. The smallest absolute Gasteiger partial charge is 0.336 e. The van der Waals surface area contributed by atoms with Crippen LogP contribution >= 0.6 is 11.6 Å². The molecule has 0 saturated heterocycles. The topological polar surface area (TPSA) is 74.3 Å². The number of benzene rings is 2. The quantitative estimate of drug-likeness (QED) is 0.470. The van der Waals surface area contributed by atoms with Crippen LogP contribution in [0.15, 0.2) is 66.0 Å². The van der Waals surface area contributed by atoms with Crippen molar-refractivity contribution in [1.29, 1.82) is 0 Å². The first kappa shape index (κ1) is 25.2. The van der Waals surface area contributed by atoms with Gasteiger partial charge in [-0.2, -0.15) is 0 Å². The minimum absolute atomic E-state index is 0.188. The standard InChI is InChI=1S/C26H28ClNO6/c1-5-33-25(29)21-15-28(14-17-7-9-18(27)10-8-17)16-22(26(30)34-6-2)24(21)20-13-19(31-3)11-12-23(20)32-4/h7-13,15-16,24H,5-6,14H2,1-4H3. The largest absolute Gasteiger partial charge is 0.497 e. The van der Waals surface area contributed by atoms with E-state index in [1.165, 1.54) is 7.11 Å². The van der Waals surface area contributed by atoms with Gasteiger partial charge in [0.15, 0.2) is 0 Å². The molecule has 34 heavy (non-hydrogen) atoms. The molecule has 180 valence electrons. The number of hydrogen-bond donors (Lipinski definition) is 0. The first-order chi connectivity index (χ1) is 16.4. The molecule has 0 radical (unpaired) electrons. The van der Waals surface area contributed by atoms with Crippen LogP contribution in [0.2, 0.25) is 5.02 Å². The van der Waals surface area contributed by atoms with E-state index < -0.39 is 17.9 Å². The summed E-state index contributed by atoms with van der Waals surface area (Å²) in [5, 5.41) is 0.623. The van der Waals surface area contributed by atoms with Gasteiger partial charge in [-0.05, 0) is 49.7 Å². The Morgan fingerprint density at radius 1 is 0.882 bits per heavy atom. The highest BCUT2D eigenvalue weighted by atomic mass is 35.5. The van der Waals surface area contributed by atoms with Crippen LogP contribution in [0.5, 0.6) is 11.5 Å². The summed E-state index contributed by atoms with van der Waals surface area (Å²) in [4.78, 5) is 28.0. The van der Waals surface area contributed by atoms with Crippen LogP contribution in [0, 0.1) is 0 Å². The van der Waals surface area contributed by atoms with Gasteiger partial charge in [0, 0.05) is 29.5 Å². The van der Waals surface area contributed by atoms with E-state index in [1.807, 2.05) is 12.1 Å². The number of carbonyl (C=O) groups excluding carboxylic acids is 2. The molecule has 8 heteroatoms. The van der Waals surface area contributed by atoms with Gasteiger partial charge in [0.2, 0.25) is 0 Å². The Morgan fingerprint density at radius 3 is 1.97 bits per heavy atom. The minimum Gasteiger partial charge on any atom is -0.497 e. The van der Waals surface area contributed by atoms with Crippen LogP contribution in [0.25, 0.3) is 0 Å². The lowest BCUT2D eigenvalue weighted by atomic mass is 9.82. The van der Waals surface area contributed by atoms with Crippen LogP contribution in [0.4, 0.5) is 0 Å². The molecule has 0 aliphatic carbocycles. The van der Waals surface area contributed by atoms with E-state index in [2.05, 4.69) is 0 Å². The molecule has 0 amide bonds. The number of esters is 2. The molecule has 2 aromatic carbocycles. The monoisotopic (exact) mass is 485 g/mol. The third-order valence-corrected chi connectivity index (χ3v) is 5.53. The van der Waals surface area contributed by atoms with Gasteiger partial charge >= 0.3 is 11.9 Å². The van der Waals surface area contributed by atoms with Gasteiger partial charge in [-0.25, -0.2) is 9.59 Å². The highest BCUT2D eigenvalue weighted by molar-refractivity contribution is 6.30. The van der Waals surface area contributed by atoms with Gasteiger partial charge in [-0.3, -0.25) is 0 Å². The summed E-state index contributed by atoms with van der Waals surface area (Å²) in [6, 6.07) is 12.6. The van der Waals surface area contributed by atoms with Gasteiger partial charge in [0.05, 0.1) is 44.5 Å². The van der Waals surface area contributed by atoms with Crippen LogP contribution in [-0.2, 0) is 25.6 Å². The predicted molar refractivity (Wildman–Crippen MR) is 129 cm³/mol. The Hall–Kier alpha value is -3.45. The Kier molecular flexibility index (Phi) is 8.60. The van der Waals surface area contributed by atoms with Crippen molar-refractivity contribution >= 4 is 23.5 Å². The summed E-state index contributed by atoms with van der Waals surface area (Å²) in [5.74, 6) is -0.778. The van der Waals surface area contributed by atoms with Gasteiger partial charge in [0.25, 0.3) is 0 Å². The van der Waals surface area contributed by atoms with Crippen molar-refractivity contribution in [1.82, 2.24) is 4.90 Å². The first-order valence-corrected chi connectivity index (χ1v) is 11.3. The SMILES string of the molecule is CCOC(=O)C1=CN(Cc2ccc(Cl)cc2)C=C(C(=O)OCC)C1c1cc(OC)ccc1OC. The number of nitrogens with zero attached hydrogens (tertiary/aromatic N) is 1. The van der Waals surface area contributed by atoms with Crippen molar-refractivity contribution in [3.8, 4) is 11.5 Å². The predicted octanol–water partition coefficient (Wildman–Crippen LogP) is 4.85. The summed E-state index contributed by atoms with van der Waals surface area (Å²) in [7, 11) is 3.08. The van der Waals surface area contributed by atoms with E-state index in [0.717, 1.165) is 5.56 Å². The van der Waals surface area contributed by atoms with Crippen LogP contribution < -0.4 is 9.47 Å². The molecule has 0 fully saturated rings. The van der Waals surface area contributed by atoms with E-state index in [-0.39, 0.29) is 24.4 Å². The third kappa shape index (κ3) is 5.72. The molecule has 0 unspecified atom stereocenters. The average molecular weight is 486 g/mol. The molecule has 0 aromatic heterocycles. The molecule has 2 aromatic rings. The van der Waals surface area contributed by atoms with Crippen molar-refractivity contribution in [3.05, 3.63) is 82.2 Å². The molecular weight excluding hydrogens is 458 g/mol. The molecular formula is C26H28ClNO6. The summed E-state index contributed by atoms with van der Waals surface area (Å²) >= 11 is 6.01. The van der Waals surface area contributed by atoms with E-state index in [0.29, 0.717) is 28.6 Å². The number of ether oxygens (including phenoxy) is 4. The zero-order valence-corrected chi connectivity index (χ0v) is 20.4. The van der Waals surface area contributed by atoms with Crippen molar-refractivity contribution in [2.45, 2.75) is 26.3 Å². The molecule has 1 aliphatic rings. The second-order valence-electron chi connectivity index (χ2n) is 7.45. The minimum atomic E-state index is -0.774. The summed E-state index contributed by atoms with van der Waals surface area (Å²) in [5.41, 5.74) is 2.10. The van der Waals surface area contributed by atoms with Crippen molar-refractivity contribution in [2.24, 2.45) is 0 Å². The zero-order valence-electron chi connectivity index (χ0n) is 19.7. The van der Waals surface area contributed by atoms with Crippen LogP contribution in [-0.4, -0.2) is 44.3 Å². The van der Waals surface area contributed by atoms with Gasteiger partial charge < -0.3 is 23.8 Å².